The van der Waals surface area contributed by atoms with Gasteiger partial charge < -0.3 is 15.3 Å². The molecule has 0 atom stereocenters. The highest BCUT2D eigenvalue weighted by atomic mass is 19.1. The van der Waals surface area contributed by atoms with Crippen molar-refractivity contribution >= 4 is 23.3 Å². The van der Waals surface area contributed by atoms with Crippen LogP contribution in [0.15, 0.2) is 42.5 Å². The van der Waals surface area contributed by atoms with E-state index in [0.717, 1.165) is 5.69 Å². The second-order valence-electron chi connectivity index (χ2n) is 5.17. The van der Waals surface area contributed by atoms with Gasteiger partial charge in [-0.1, -0.05) is 0 Å². The summed E-state index contributed by atoms with van der Waals surface area (Å²) in [5, 5.41) is 11.9. The van der Waals surface area contributed by atoms with E-state index in [0.29, 0.717) is 24.3 Å². The number of carbonyl (C=O) groups excluding carboxylic acids is 1. The van der Waals surface area contributed by atoms with Crippen LogP contribution in [0, 0.1) is 5.82 Å². The number of hydrogen-bond acceptors (Lipinski definition) is 3. The molecule has 2 aromatic rings. The predicted molar refractivity (Wildman–Crippen MR) is 91.3 cm³/mol. The van der Waals surface area contributed by atoms with E-state index in [1.165, 1.54) is 36.4 Å². The fourth-order valence-electron chi connectivity index (χ4n) is 2.40. The van der Waals surface area contributed by atoms with E-state index in [1.54, 1.807) is 6.07 Å². The number of aromatic carboxylic acids is 1. The summed E-state index contributed by atoms with van der Waals surface area (Å²) < 4.78 is 13.0. The zero-order valence-corrected chi connectivity index (χ0v) is 13.5. The van der Waals surface area contributed by atoms with Crippen molar-refractivity contribution < 1.29 is 19.1 Å². The van der Waals surface area contributed by atoms with Crippen molar-refractivity contribution in [3.05, 3.63) is 59.4 Å². The molecule has 5 nitrogen and oxygen atoms in total. The van der Waals surface area contributed by atoms with Crippen molar-refractivity contribution in [1.82, 2.24) is 0 Å². The topological polar surface area (TPSA) is 69.6 Å². The molecule has 2 N–H and O–H groups in total. The maximum atomic E-state index is 13.0. The van der Waals surface area contributed by atoms with Crippen LogP contribution in [0.25, 0.3) is 0 Å². The van der Waals surface area contributed by atoms with Gasteiger partial charge in [-0.3, -0.25) is 4.79 Å². The minimum absolute atomic E-state index is 0.0836. The second-order valence-corrected chi connectivity index (χ2v) is 5.17. The summed E-state index contributed by atoms with van der Waals surface area (Å²) in [7, 11) is 0. The van der Waals surface area contributed by atoms with Gasteiger partial charge in [0, 0.05) is 18.7 Å². The molecule has 1 amide bonds. The smallest absolute Gasteiger partial charge is 0.335 e. The number of carbonyl (C=O) groups is 2. The molecule has 0 aliphatic carbocycles. The number of amides is 1. The molecule has 0 aromatic heterocycles. The van der Waals surface area contributed by atoms with Crippen molar-refractivity contribution in [3.8, 4) is 0 Å². The summed E-state index contributed by atoms with van der Waals surface area (Å²) >= 11 is 0. The standard InChI is InChI=1S/C18H19FN2O3/c1-3-21(4-2)16-10-7-13(18(23)24)11-15(16)20-17(22)12-5-8-14(19)9-6-12/h5-11H,3-4H2,1-2H3,(H,20,22)(H,23,24). The Hall–Kier alpha value is -2.89. The van der Waals surface area contributed by atoms with Gasteiger partial charge in [-0.15, -0.1) is 0 Å². The van der Waals surface area contributed by atoms with Crippen molar-refractivity contribution in [1.29, 1.82) is 0 Å². The van der Waals surface area contributed by atoms with Crippen LogP contribution >= 0.6 is 0 Å². The van der Waals surface area contributed by atoms with E-state index < -0.39 is 17.7 Å². The molecular formula is C18H19FN2O3. The number of benzene rings is 2. The summed E-state index contributed by atoms with van der Waals surface area (Å²) in [6.07, 6.45) is 0. The van der Waals surface area contributed by atoms with E-state index in [-0.39, 0.29) is 5.56 Å². The molecule has 0 saturated heterocycles. The Balaban J connectivity index is 2.38. The lowest BCUT2D eigenvalue weighted by Crippen LogP contribution is -2.24. The summed E-state index contributed by atoms with van der Waals surface area (Å²) in [5.41, 5.74) is 1.52. The highest BCUT2D eigenvalue weighted by Gasteiger charge is 2.15. The van der Waals surface area contributed by atoms with Crippen LogP contribution in [0.5, 0.6) is 0 Å². The molecule has 6 heteroatoms. The molecule has 0 bridgehead atoms. The third-order valence-electron chi connectivity index (χ3n) is 3.70. The van der Waals surface area contributed by atoms with Gasteiger partial charge >= 0.3 is 5.97 Å². The van der Waals surface area contributed by atoms with Gasteiger partial charge in [0.05, 0.1) is 16.9 Å². The van der Waals surface area contributed by atoms with Crippen molar-refractivity contribution in [2.24, 2.45) is 0 Å². The molecule has 0 aliphatic rings. The van der Waals surface area contributed by atoms with Crippen molar-refractivity contribution in [2.45, 2.75) is 13.8 Å². The van der Waals surface area contributed by atoms with Crippen molar-refractivity contribution in [3.63, 3.8) is 0 Å². The fraction of sp³-hybridized carbons (Fsp3) is 0.222. The minimum atomic E-state index is -1.07. The van der Waals surface area contributed by atoms with Gasteiger partial charge in [0.1, 0.15) is 5.82 Å². The molecule has 0 heterocycles. The zero-order valence-electron chi connectivity index (χ0n) is 13.5. The highest BCUT2D eigenvalue weighted by Crippen LogP contribution is 2.28. The first-order valence-corrected chi connectivity index (χ1v) is 7.65. The Kier molecular flexibility index (Phi) is 5.52. The number of anilines is 2. The molecule has 2 rings (SSSR count). The lowest BCUT2D eigenvalue weighted by atomic mass is 10.1. The Morgan fingerprint density at radius 2 is 1.62 bits per heavy atom. The van der Waals surface area contributed by atoms with E-state index in [4.69, 9.17) is 5.11 Å². The highest BCUT2D eigenvalue weighted by molar-refractivity contribution is 6.06. The van der Waals surface area contributed by atoms with Crippen molar-refractivity contribution in [2.75, 3.05) is 23.3 Å². The monoisotopic (exact) mass is 330 g/mol. The number of carboxylic acids is 1. The lowest BCUT2D eigenvalue weighted by molar-refractivity contribution is 0.0696. The maximum Gasteiger partial charge on any atom is 0.335 e. The Morgan fingerprint density at radius 3 is 2.17 bits per heavy atom. The molecule has 24 heavy (non-hydrogen) atoms. The Morgan fingerprint density at radius 1 is 1.04 bits per heavy atom. The molecule has 0 spiro atoms. The first-order valence-electron chi connectivity index (χ1n) is 7.65. The quantitative estimate of drug-likeness (QED) is 0.849. The van der Waals surface area contributed by atoms with Gasteiger partial charge in [-0.25, -0.2) is 9.18 Å². The van der Waals surface area contributed by atoms with Crippen LogP contribution in [0.4, 0.5) is 15.8 Å². The molecule has 0 unspecified atom stereocenters. The summed E-state index contributed by atoms with van der Waals surface area (Å²) in [6.45, 7) is 5.37. The van der Waals surface area contributed by atoms with E-state index in [9.17, 15) is 14.0 Å². The first-order chi connectivity index (χ1) is 11.5. The molecule has 0 saturated carbocycles. The molecule has 2 aromatic carbocycles. The summed E-state index contributed by atoms with van der Waals surface area (Å²) in [4.78, 5) is 25.6. The molecule has 0 aliphatic heterocycles. The minimum Gasteiger partial charge on any atom is -0.478 e. The van der Waals surface area contributed by atoms with Crippen LogP contribution in [0.2, 0.25) is 0 Å². The third kappa shape index (κ3) is 3.90. The van der Waals surface area contributed by atoms with Gasteiger partial charge in [0.2, 0.25) is 0 Å². The maximum absolute atomic E-state index is 13.0. The number of nitrogens with one attached hydrogen (secondary N) is 1. The second kappa shape index (κ2) is 7.59. The van der Waals surface area contributed by atoms with Gasteiger partial charge in [-0.2, -0.15) is 0 Å². The number of hydrogen-bond donors (Lipinski definition) is 2. The van der Waals surface area contributed by atoms with E-state index >= 15 is 0 Å². The number of carboxylic acid groups (broad SMARTS) is 1. The number of nitrogens with zero attached hydrogens (tertiary/aromatic N) is 1. The van der Waals surface area contributed by atoms with Gasteiger partial charge in [-0.05, 0) is 56.3 Å². The predicted octanol–water partition coefficient (Wildman–Crippen LogP) is 3.62. The molecule has 0 fully saturated rings. The lowest BCUT2D eigenvalue weighted by Gasteiger charge is -2.24. The zero-order chi connectivity index (χ0) is 17.7. The van der Waals surface area contributed by atoms with E-state index in [2.05, 4.69) is 5.32 Å². The van der Waals surface area contributed by atoms with Crippen LogP contribution in [-0.2, 0) is 0 Å². The van der Waals surface area contributed by atoms with Crippen LogP contribution in [0.1, 0.15) is 34.6 Å². The van der Waals surface area contributed by atoms with Gasteiger partial charge in [0.25, 0.3) is 5.91 Å². The first kappa shape index (κ1) is 17.5. The molecular weight excluding hydrogens is 311 g/mol. The molecule has 0 radical (unpaired) electrons. The molecule has 126 valence electrons. The van der Waals surface area contributed by atoms with Crippen LogP contribution in [-0.4, -0.2) is 30.1 Å². The van der Waals surface area contributed by atoms with E-state index in [1.807, 2.05) is 18.7 Å². The average molecular weight is 330 g/mol. The summed E-state index contributed by atoms with van der Waals surface area (Å²) in [6, 6.07) is 9.77. The van der Waals surface area contributed by atoms with Crippen LogP contribution < -0.4 is 10.2 Å². The van der Waals surface area contributed by atoms with Gasteiger partial charge in [0.15, 0.2) is 0 Å². The Labute approximate surface area is 139 Å². The third-order valence-corrected chi connectivity index (χ3v) is 3.70. The number of halogens is 1. The van der Waals surface area contributed by atoms with Crippen LogP contribution in [0.3, 0.4) is 0 Å². The fourth-order valence-corrected chi connectivity index (χ4v) is 2.40. The SMILES string of the molecule is CCN(CC)c1ccc(C(=O)O)cc1NC(=O)c1ccc(F)cc1. The largest absolute Gasteiger partial charge is 0.478 e. The summed E-state index contributed by atoms with van der Waals surface area (Å²) in [5.74, 6) is -1.92. The number of rotatable bonds is 6. The normalized spacial score (nSPS) is 10.3. The average Bonchev–Trinajstić information content (AvgIpc) is 2.57. The Bertz CT molecular complexity index is 740.